The van der Waals surface area contributed by atoms with Gasteiger partial charge in [-0.25, -0.2) is 4.79 Å². The highest BCUT2D eigenvalue weighted by Crippen LogP contribution is 2.20. The lowest BCUT2D eigenvalue weighted by Crippen LogP contribution is -2.48. The van der Waals surface area contributed by atoms with Gasteiger partial charge in [0.25, 0.3) is 0 Å². The van der Waals surface area contributed by atoms with E-state index in [1.54, 1.807) is 0 Å². The van der Waals surface area contributed by atoms with Crippen LogP contribution in [0.5, 0.6) is 0 Å². The van der Waals surface area contributed by atoms with Crippen LogP contribution in [0.1, 0.15) is 52.7 Å². The van der Waals surface area contributed by atoms with Crippen LogP contribution in [0.4, 0.5) is 4.79 Å². The molecule has 0 aliphatic heterocycles. The van der Waals surface area contributed by atoms with Crippen LogP contribution in [0.25, 0.3) is 0 Å². The maximum atomic E-state index is 11.8. The maximum absolute atomic E-state index is 11.8. The van der Waals surface area contributed by atoms with E-state index < -0.39 is 12.1 Å². The monoisotopic (exact) mass is 307 g/mol. The molecule has 0 saturated heterocycles. The highest BCUT2D eigenvalue weighted by molar-refractivity contribution is 5.86. The van der Waals surface area contributed by atoms with Crippen molar-refractivity contribution in [2.75, 3.05) is 0 Å². The third kappa shape index (κ3) is 7.25. The summed E-state index contributed by atoms with van der Waals surface area (Å²) in [6.45, 7) is 13.4. The van der Waals surface area contributed by atoms with Crippen LogP contribution in [-0.4, -0.2) is 17.9 Å². The topological polar surface area (TPSA) is 55.4 Å². The number of hydrogen-bond acceptors (Lipinski definition) is 3. The molecule has 0 aliphatic rings. The summed E-state index contributed by atoms with van der Waals surface area (Å²) >= 11 is 0. The molecule has 124 valence electrons. The predicted molar refractivity (Wildman–Crippen MR) is 89.8 cm³/mol. The molecule has 0 heterocycles. The second-order valence-corrected chi connectivity index (χ2v) is 6.12. The van der Waals surface area contributed by atoms with Crippen molar-refractivity contribution in [1.29, 1.82) is 0 Å². The zero-order valence-electron chi connectivity index (χ0n) is 14.8. The fourth-order valence-electron chi connectivity index (χ4n) is 1.92. The van der Waals surface area contributed by atoms with Gasteiger partial charge in [0.1, 0.15) is 6.61 Å². The molecule has 1 rings (SSSR count). The first-order valence-electron chi connectivity index (χ1n) is 7.69. The maximum Gasteiger partial charge on any atom is 0.408 e. The lowest BCUT2D eigenvalue weighted by atomic mass is 9.85. The number of ether oxygens (including phenoxy) is 1. The Hall–Kier alpha value is -1.84. The second kappa shape index (κ2) is 9.23. The Bertz CT molecular complexity index is 472. The Labute approximate surface area is 134 Å². The van der Waals surface area contributed by atoms with E-state index in [1.165, 1.54) is 6.92 Å². The van der Waals surface area contributed by atoms with Crippen molar-refractivity contribution in [2.24, 2.45) is 5.41 Å². The van der Waals surface area contributed by atoms with Crippen LogP contribution >= 0.6 is 0 Å². The van der Waals surface area contributed by atoms with Crippen LogP contribution in [0.2, 0.25) is 0 Å². The van der Waals surface area contributed by atoms with Crippen molar-refractivity contribution in [2.45, 2.75) is 61.1 Å². The van der Waals surface area contributed by atoms with Crippen LogP contribution in [0.3, 0.4) is 0 Å². The predicted octanol–water partition coefficient (Wildman–Crippen LogP) is 4.25. The molecule has 0 spiro atoms. The van der Waals surface area contributed by atoms with Gasteiger partial charge in [-0.15, -0.1) is 0 Å². The Morgan fingerprint density at radius 2 is 1.64 bits per heavy atom. The van der Waals surface area contributed by atoms with Gasteiger partial charge < -0.3 is 10.1 Å². The Kier molecular flexibility index (Phi) is 8.46. The molecule has 1 amide bonds. The van der Waals surface area contributed by atoms with Crippen molar-refractivity contribution >= 4 is 11.9 Å². The van der Waals surface area contributed by atoms with Gasteiger partial charge in [0.15, 0.2) is 5.78 Å². The molecule has 0 aliphatic carbocycles. The molecule has 0 bridgehead atoms. The Balaban J connectivity index is 0.00000211. The van der Waals surface area contributed by atoms with E-state index in [9.17, 15) is 9.59 Å². The largest absolute Gasteiger partial charge is 0.445 e. The molecule has 1 aromatic rings. The molecule has 0 aromatic heterocycles. The molecule has 1 unspecified atom stereocenters. The van der Waals surface area contributed by atoms with Crippen LogP contribution in [0.15, 0.2) is 24.3 Å². The minimum Gasteiger partial charge on any atom is -0.445 e. The minimum absolute atomic E-state index is 0.0789. The summed E-state index contributed by atoms with van der Waals surface area (Å²) in [6.07, 6.45) is -0.569. The summed E-state index contributed by atoms with van der Waals surface area (Å²) in [5, 5.41) is 2.63. The highest BCUT2D eigenvalue weighted by atomic mass is 16.5. The molecule has 1 N–H and O–H groups in total. The van der Waals surface area contributed by atoms with Gasteiger partial charge >= 0.3 is 6.09 Å². The summed E-state index contributed by atoms with van der Waals surface area (Å²) < 4.78 is 5.14. The molecule has 1 aromatic carbocycles. The number of Topliss-reactive ketones (excluding diaryl/α,β-unsaturated/α-hetero) is 1. The SMILES string of the molecule is CC.CC(=O)C(NC(=O)OCc1ccc(C)cc1)C(C)(C)C. The average Bonchev–Trinajstić information content (AvgIpc) is 2.45. The van der Waals surface area contributed by atoms with Gasteiger partial charge in [-0.2, -0.15) is 0 Å². The first-order valence-corrected chi connectivity index (χ1v) is 7.69. The summed E-state index contributed by atoms with van der Waals surface area (Å²) in [6, 6.07) is 7.20. The number of carbonyl (C=O) groups excluding carboxylic acids is 2. The van der Waals surface area contributed by atoms with Crippen molar-refractivity contribution < 1.29 is 14.3 Å². The van der Waals surface area contributed by atoms with Crippen molar-refractivity contribution in [3.63, 3.8) is 0 Å². The third-order valence-corrected chi connectivity index (χ3v) is 3.03. The number of carbonyl (C=O) groups is 2. The van der Waals surface area contributed by atoms with Crippen molar-refractivity contribution in [3.8, 4) is 0 Å². The smallest absolute Gasteiger partial charge is 0.408 e. The van der Waals surface area contributed by atoms with E-state index in [4.69, 9.17) is 4.74 Å². The number of ketones is 1. The Morgan fingerprint density at radius 3 is 2.05 bits per heavy atom. The molecule has 0 fully saturated rings. The van der Waals surface area contributed by atoms with E-state index >= 15 is 0 Å². The quantitative estimate of drug-likeness (QED) is 0.904. The van der Waals surface area contributed by atoms with Gasteiger partial charge in [-0.1, -0.05) is 64.4 Å². The highest BCUT2D eigenvalue weighted by Gasteiger charge is 2.30. The van der Waals surface area contributed by atoms with Crippen molar-refractivity contribution in [3.05, 3.63) is 35.4 Å². The number of benzene rings is 1. The van der Waals surface area contributed by atoms with Gasteiger partial charge in [0, 0.05) is 0 Å². The number of alkyl carbamates (subject to hydrolysis) is 1. The van der Waals surface area contributed by atoms with Crippen LogP contribution in [0, 0.1) is 12.3 Å². The zero-order chi connectivity index (χ0) is 17.3. The fraction of sp³-hybridized carbons (Fsp3) is 0.556. The average molecular weight is 307 g/mol. The van der Waals surface area contributed by atoms with Gasteiger partial charge in [-0.3, -0.25) is 4.79 Å². The normalized spacial score (nSPS) is 11.8. The van der Waals surface area contributed by atoms with E-state index in [-0.39, 0.29) is 17.8 Å². The number of nitrogens with one attached hydrogen (secondary N) is 1. The minimum atomic E-state index is -0.569. The van der Waals surface area contributed by atoms with Crippen molar-refractivity contribution in [1.82, 2.24) is 5.32 Å². The molecule has 22 heavy (non-hydrogen) atoms. The summed E-state index contributed by atoms with van der Waals surface area (Å²) in [5.74, 6) is -0.0789. The number of rotatable bonds is 4. The van der Waals surface area contributed by atoms with E-state index in [2.05, 4.69) is 5.32 Å². The zero-order valence-corrected chi connectivity index (χ0v) is 14.8. The molecule has 1 atom stereocenters. The molecular weight excluding hydrogens is 278 g/mol. The second-order valence-electron chi connectivity index (χ2n) is 6.12. The first-order chi connectivity index (χ1) is 10.2. The molecule has 4 nitrogen and oxygen atoms in total. The number of amides is 1. The first kappa shape index (κ1) is 20.2. The van der Waals surface area contributed by atoms with Gasteiger partial charge in [-0.05, 0) is 24.8 Å². The molecule has 0 radical (unpaired) electrons. The summed E-state index contributed by atoms with van der Waals surface area (Å²) in [5.41, 5.74) is 1.73. The van der Waals surface area contributed by atoms with E-state index in [0.29, 0.717) is 0 Å². The number of aryl methyl sites for hydroxylation is 1. The van der Waals surface area contributed by atoms with Crippen LogP contribution in [-0.2, 0) is 16.1 Å². The summed E-state index contributed by atoms with van der Waals surface area (Å²) in [4.78, 5) is 23.3. The molecule has 4 heteroatoms. The van der Waals surface area contributed by atoms with Gasteiger partial charge in [0.05, 0.1) is 6.04 Å². The van der Waals surface area contributed by atoms with E-state index in [1.807, 2.05) is 65.8 Å². The third-order valence-electron chi connectivity index (χ3n) is 3.03. The fourth-order valence-corrected chi connectivity index (χ4v) is 1.92. The summed E-state index contributed by atoms with van der Waals surface area (Å²) in [7, 11) is 0. The standard InChI is InChI=1S/C16H23NO3.C2H6/c1-11-6-8-13(9-7-11)10-20-15(19)17-14(12(2)18)16(3,4)5;1-2/h6-9,14H,10H2,1-5H3,(H,17,19);1-2H3. The van der Waals surface area contributed by atoms with Gasteiger partial charge in [0.2, 0.25) is 0 Å². The lowest BCUT2D eigenvalue weighted by Gasteiger charge is -2.28. The molecular formula is C18H29NO3. The van der Waals surface area contributed by atoms with E-state index in [0.717, 1.165) is 11.1 Å². The van der Waals surface area contributed by atoms with Crippen LogP contribution < -0.4 is 5.32 Å². The Morgan fingerprint density at radius 1 is 1.14 bits per heavy atom. The number of hydrogen-bond donors (Lipinski definition) is 1. The lowest BCUT2D eigenvalue weighted by molar-refractivity contribution is -0.121. The molecule has 0 saturated carbocycles.